The Morgan fingerprint density at radius 3 is 2.53 bits per heavy atom. The Bertz CT molecular complexity index is 463. The zero-order valence-electron chi connectivity index (χ0n) is 11.8. The van der Waals surface area contributed by atoms with E-state index in [2.05, 4.69) is 13.8 Å². The first-order chi connectivity index (χ1) is 9.01. The van der Waals surface area contributed by atoms with Gasteiger partial charge in [-0.25, -0.2) is 0 Å². The van der Waals surface area contributed by atoms with E-state index in [1.54, 1.807) is 25.3 Å². The summed E-state index contributed by atoms with van der Waals surface area (Å²) in [5.74, 6) is 1.74. The van der Waals surface area contributed by atoms with Crippen LogP contribution in [0.25, 0.3) is 0 Å². The van der Waals surface area contributed by atoms with Crippen molar-refractivity contribution in [2.24, 2.45) is 11.8 Å². The number of ether oxygens (including phenoxy) is 1. The van der Waals surface area contributed by atoms with E-state index >= 15 is 0 Å². The number of amides is 1. The summed E-state index contributed by atoms with van der Waals surface area (Å²) in [7, 11) is 1.56. The Balaban J connectivity index is 2.19. The molecule has 1 aliphatic heterocycles. The number of carbonyl (C=O) groups excluding carboxylic acids is 1. The molecule has 1 aromatic rings. The minimum Gasteiger partial charge on any atom is -0.495 e. The quantitative estimate of drug-likeness (QED) is 0.833. The van der Waals surface area contributed by atoms with Gasteiger partial charge in [0.1, 0.15) is 5.75 Å². The second-order valence-electron chi connectivity index (χ2n) is 5.61. The maximum atomic E-state index is 12.5. The molecule has 0 aliphatic carbocycles. The number of nitrogens with two attached hydrogens (primary N) is 1. The van der Waals surface area contributed by atoms with Gasteiger partial charge in [0.15, 0.2) is 0 Å². The van der Waals surface area contributed by atoms with Crippen LogP contribution in [0.1, 0.15) is 30.6 Å². The minimum absolute atomic E-state index is 0.0664. The van der Waals surface area contributed by atoms with Gasteiger partial charge in [0.2, 0.25) is 0 Å². The number of carbonyl (C=O) groups is 1. The molecule has 19 heavy (non-hydrogen) atoms. The number of nitrogen functional groups attached to an aromatic ring is 1. The van der Waals surface area contributed by atoms with E-state index in [1.807, 2.05) is 4.90 Å². The van der Waals surface area contributed by atoms with Crippen LogP contribution >= 0.6 is 0 Å². The van der Waals surface area contributed by atoms with Gasteiger partial charge in [-0.2, -0.15) is 0 Å². The van der Waals surface area contributed by atoms with Gasteiger partial charge < -0.3 is 15.4 Å². The monoisotopic (exact) mass is 262 g/mol. The fraction of sp³-hybridized carbons (Fsp3) is 0.533. The number of hydrogen-bond donors (Lipinski definition) is 1. The topological polar surface area (TPSA) is 55.6 Å². The van der Waals surface area contributed by atoms with E-state index in [1.165, 1.54) is 6.42 Å². The highest BCUT2D eigenvalue weighted by Crippen LogP contribution is 2.26. The van der Waals surface area contributed by atoms with Gasteiger partial charge in [-0.3, -0.25) is 4.79 Å². The molecule has 4 nitrogen and oxygen atoms in total. The van der Waals surface area contributed by atoms with Gasteiger partial charge in [0.25, 0.3) is 5.91 Å². The minimum atomic E-state index is 0.0664. The third kappa shape index (κ3) is 3.00. The standard InChI is InChI=1S/C15H22N2O2/c1-10-6-11(2)9-17(8-10)15(18)12-4-5-13(16)14(7-12)19-3/h4-5,7,10-11H,6,8-9,16H2,1-3H3. The lowest BCUT2D eigenvalue weighted by Gasteiger charge is -2.35. The number of methoxy groups -OCH3 is 1. The summed E-state index contributed by atoms with van der Waals surface area (Å²) < 4.78 is 5.17. The number of benzene rings is 1. The van der Waals surface area contributed by atoms with Crippen LogP contribution < -0.4 is 10.5 Å². The van der Waals surface area contributed by atoms with Crippen molar-refractivity contribution in [2.45, 2.75) is 20.3 Å². The maximum Gasteiger partial charge on any atom is 0.254 e. The summed E-state index contributed by atoms with van der Waals surface area (Å²) in [5, 5.41) is 0. The van der Waals surface area contributed by atoms with Gasteiger partial charge >= 0.3 is 0 Å². The van der Waals surface area contributed by atoms with Crippen molar-refractivity contribution in [1.29, 1.82) is 0 Å². The van der Waals surface area contributed by atoms with Crippen LogP contribution in [0.15, 0.2) is 18.2 Å². The van der Waals surface area contributed by atoms with Gasteiger partial charge in [-0.05, 0) is 36.5 Å². The van der Waals surface area contributed by atoms with Crippen LogP contribution in [0.3, 0.4) is 0 Å². The molecular formula is C15H22N2O2. The highest BCUT2D eigenvalue weighted by molar-refractivity contribution is 5.95. The Kier molecular flexibility index (Phi) is 3.98. The van der Waals surface area contributed by atoms with E-state index in [0.29, 0.717) is 28.8 Å². The molecule has 2 N–H and O–H groups in total. The molecule has 1 aromatic carbocycles. The van der Waals surface area contributed by atoms with E-state index < -0.39 is 0 Å². The molecule has 0 radical (unpaired) electrons. The molecule has 0 spiro atoms. The number of rotatable bonds is 2. The maximum absolute atomic E-state index is 12.5. The molecule has 0 aromatic heterocycles. The second kappa shape index (κ2) is 5.51. The van der Waals surface area contributed by atoms with Gasteiger partial charge in [-0.1, -0.05) is 13.8 Å². The Hall–Kier alpha value is -1.71. The third-order valence-corrected chi connectivity index (χ3v) is 3.64. The van der Waals surface area contributed by atoms with Crippen LogP contribution in [-0.2, 0) is 0 Å². The summed E-state index contributed by atoms with van der Waals surface area (Å²) in [5.41, 5.74) is 6.97. The number of likely N-dealkylation sites (tertiary alicyclic amines) is 1. The van der Waals surface area contributed by atoms with Crippen molar-refractivity contribution < 1.29 is 9.53 Å². The molecular weight excluding hydrogens is 240 g/mol. The van der Waals surface area contributed by atoms with Crippen LogP contribution in [0.5, 0.6) is 5.75 Å². The molecule has 0 bridgehead atoms. The fourth-order valence-corrected chi connectivity index (χ4v) is 2.86. The average Bonchev–Trinajstić information content (AvgIpc) is 2.37. The summed E-state index contributed by atoms with van der Waals surface area (Å²) in [6, 6.07) is 5.22. The Morgan fingerprint density at radius 1 is 1.32 bits per heavy atom. The molecule has 2 unspecified atom stereocenters. The summed E-state index contributed by atoms with van der Waals surface area (Å²) >= 11 is 0. The number of anilines is 1. The van der Waals surface area contributed by atoms with Crippen molar-refractivity contribution >= 4 is 11.6 Å². The van der Waals surface area contributed by atoms with Crippen LogP contribution in [0, 0.1) is 11.8 Å². The van der Waals surface area contributed by atoms with Crippen LogP contribution in [0.2, 0.25) is 0 Å². The fourth-order valence-electron chi connectivity index (χ4n) is 2.86. The summed E-state index contributed by atoms with van der Waals surface area (Å²) in [6.07, 6.45) is 1.19. The molecule has 2 rings (SSSR count). The molecule has 1 aliphatic rings. The number of nitrogens with zero attached hydrogens (tertiary/aromatic N) is 1. The molecule has 0 saturated carbocycles. The zero-order valence-corrected chi connectivity index (χ0v) is 11.8. The van der Waals surface area contributed by atoms with Crippen molar-refractivity contribution in [1.82, 2.24) is 4.90 Å². The molecule has 1 saturated heterocycles. The molecule has 1 fully saturated rings. The largest absolute Gasteiger partial charge is 0.495 e. The normalized spacial score (nSPS) is 23.2. The highest BCUT2D eigenvalue weighted by Gasteiger charge is 2.26. The van der Waals surface area contributed by atoms with Gasteiger partial charge in [-0.15, -0.1) is 0 Å². The zero-order chi connectivity index (χ0) is 14.0. The molecule has 1 heterocycles. The first-order valence-electron chi connectivity index (χ1n) is 6.74. The number of hydrogen-bond acceptors (Lipinski definition) is 3. The lowest BCUT2D eigenvalue weighted by Crippen LogP contribution is -2.42. The highest BCUT2D eigenvalue weighted by atomic mass is 16.5. The van der Waals surface area contributed by atoms with E-state index in [4.69, 9.17) is 10.5 Å². The van der Waals surface area contributed by atoms with Crippen molar-refractivity contribution in [2.75, 3.05) is 25.9 Å². The van der Waals surface area contributed by atoms with Crippen molar-refractivity contribution in [3.05, 3.63) is 23.8 Å². The first kappa shape index (κ1) is 13.7. The lowest BCUT2D eigenvalue weighted by molar-refractivity contribution is 0.0623. The molecule has 4 heteroatoms. The van der Waals surface area contributed by atoms with E-state index in [0.717, 1.165) is 13.1 Å². The van der Waals surface area contributed by atoms with Crippen molar-refractivity contribution in [3.8, 4) is 5.75 Å². The Labute approximate surface area is 114 Å². The van der Waals surface area contributed by atoms with Gasteiger partial charge in [0, 0.05) is 18.7 Å². The van der Waals surface area contributed by atoms with Crippen LogP contribution in [-0.4, -0.2) is 31.0 Å². The van der Waals surface area contributed by atoms with Gasteiger partial charge in [0.05, 0.1) is 12.8 Å². The molecule has 104 valence electrons. The smallest absolute Gasteiger partial charge is 0.254 e. The predicted octanol–water partition coefficient (Wildman–Crippen LogP) is 2.40. The van der Waals surface area contributed by atoms with E-state index in [9.17, 15) is 4.79 Å². The lowest BCUT2D eigenvalue weighted by atomic mass is 9.91. The first-order valence-corrected chi connectivity index (χ1v) is 6.74. The summed E-state index contributed by atoms with van der Waals surface area (Å²) in [4.78, 5) is 14.4. The average molecular weight is 262 g/mol. The molecule has 1 amide bonds. The predicted molar refractivity (Wildman–Crippen MR) is 76.3 cm³/mol. The third-order valence-electron chi connectivity index (χ3n) is 3.64. The van der Waals surface area contributed by atoms with E-state index in [-0.39, 0.29) is 5.91 Å². The van der Waals surface area contributed by atoms with Crippen molar-refractivity contribution in [3.63, 3.8) is 0 Å². The summed E-state index contributed by atoms with van der Waals surface area (Å²) in [6.45, 7) is 6.05. The number of piperidine rings is 1. The van der Waals surface area contributed by atoms with Crippen LogP contribution in [0.4, 0.5) is 5.69 Å². The SMILES string of the molecule is COc1cc(C(=O)N2CC(C)CC(C)C2)ccc1N. The second-order valence-corrected chi connectivity index (χ2v) is 5.61. The Morgan fingerprint density at radius 2 is 1.95 bits per heavy atom. The molecule has 2 atom stereocenters.